The molecule has 188 valence electrons. The fourth-order valence-electron chi connectivity index (χ4n) is 3.96. The predicted octanol–water partition coefficient (Wildman–Crippen LogP) is 3.26. The summed E-state index contributed by atoms with van der Waals surface area (Å²) in [5, 5.41) is 3.13. The van der Waals surface area contributed by atoms with Gasteiger partial charge in [-0.25, -0.2) is 8.42 Å². The van der Waals surface area contributed by atoms with E-state index in [0.717, 1.165) is 4.31 Å². The van der Waals surface area contributed by atoms with E-state index in [1.807, 2.05) is 18.2 Å². The van der Waals surface area contributed by atoms with Gasteiger partial charge >= 0.3 is 0 Å². The third-order valence-electron chi connectivity index (χ3n) is 5.80. The molecule has 0 saturated heterocycles. The van der Waals surface area contributed by atoms with E-state index in [2.05, 4.69) is 5.32 Å². The Morgan fingerprint density at radius 2 is 1.81 bits per heavy atom. The predicted molar refractivity (Wildman–Crippen MR) is 133 cm³/mol. The Kier molecular flexibility index (Phi) is 6.55. The number of carbonyl (C=O) groups is 1. The fraction of sp³-hybridized carbons (Fsp3) is 0.240. The Bertz CT molecular complexity index is 1380. The second kappa shape index (κ2) is 9.79. The molecule has 36 heavy (non-hydrogen) atoms. The van der Waals surface area contributed by atoms with Gasteiger partial charge in [0, 0.05) is 5.02 Å². The molecule has 2 heterocycles. The summed E-state index contributed by atoms with van der Waals surface area (Å²) in [5.41, 5.74) is 0.253. The molecule has 0 radical (unpaired) electrons. The number of rotatable bonds is 6. The highest BCUT2D eigenvalue weighted by Crippen LogP contribution is 2.39. The molecule has 1 amide bonds. The zero-order valence-electron chi connectivity index (χ0n) is 19.2. The minimum atomic E-state index is -4.04. The zero-order valence-corrected chi connectivity index (χ0v) is 20.8. The summed E-state index contributed by atoms with van der Waals surface area (Å²) in [6.07, 6.45) is -1.50. The lowest BCUT2D eigenvalue weighted by Crippen LogP contribution is -2.52. The molecule has 9 nitrogen and oxygen atoms in total. The SMILES string of the molecule is COc1ccc(S(=O)(=O)N2C[C@@H](C(=O)NC[C@H]3COc4ccccc4O3)Oc3ccc(Cl)cc32)cc1. The van der Waals surface area contributed by atoms with E-state index in [0.29, 0.717) is 22.3 Å². The van der Waals surface area contributed by atoms with Gasteiger partial charge in [-0.3, -0.25) is 9.10 Å². The molecule has 2 aliphatic rings. The first-order valence-electron chi connectivity index (χ1n) is 11.1. The Balaban J connectivity index is 1.34. The molecular weight excluding hydrogens is 508 g/mol. The Morgan fingerprint density at radius 1 is 1.06 bits per heavy atom. The Hall–Kier alpha value is -3.63. The highest BCUT2D eigenvalue weighted by atomic mass is 35.5. The number of anilines is 1. The van der Waals surface area contributed by atoms with Gasteiger partial charge in [0.15, 0.2) is 17.6 Å². The molecule has 0 aromatic heterocycles. The standard InChI is InChI=1S/C25H23ClN2O7S/c1-32-17-7-9-19(10-8-17)36(30,31)28-14-24(35-21-11-6-16(26)12-20(21)28)25(29)27-13-18-15-33-22-4-2-3-5-23(22)34-18/h2-12,18,24H,13-15H2,1H3,(H,27,29)/t18-,24-/m0/s1. The Labute approximate surface area is 213 Å². The van der Waals surface area contributed by atoms with Gasteiger partial charge in [-0.05, 0) is 54.6 Å². The number of amides is 1. The van der Waals surface area contributed by atoms with Crippen LogP contribution in [0.1, 0.15) is 0 Å². The van der Waals surface area contributed by atoms with Crippen LogP contribution in [-0.4, -0.2) is 53.3 Å². The van der Waals surface area contributed by atoms with E-state index >= 15 is 0 Å². The first-order valence-corrected chi connectivity index (χ1v) is 13.0. The maximum absolute atomic E-state index is 13.6. The van der Waals surface area contributed by atoms with Gasteiger partial charge in [0.25, 0.3) is 15.9 Å². The van der Waals surface area contributed by atoms with E-state index < -0.39 is 28.1 Å². The average Bonchev–Trinajstić information content (AvgIpc) is 2.91. The van der Waals surface area contributed by atoms with Gasteiger partial charge in [0.1, 0.15) is 24.2 Å². The number of ether oxygens (including phenoxy) is 4. The van der Waals surface area contributed by atoms with Crippen molar-refractivity contribution in [3.63, 3.8) is 0 Å². The molecule has 3 aromatic rings. The first kappa shape index (κ1) is 24.1. The van der Waals surface area contributed by atoms with Crippen molar-refractivity contribution >= 4 is 33.2 Å². The van der Waals surface area contributed by atoms with E-state index in [-0.39, 0.29) is 36.0 Å². The second-order valence-corrected chi connectivity index (χ2v) is 10.5. The molecule has 2 aliphatic heterocycles. The number of methoxy groups -OCH3 is 1. The maximum atomic E-state index is 13.6. The normalized spacial score (nSPS) is 18.6. The van der Waals surface area contributed by atoms with Gasteiger partial charge < -0.3 is 24.3 Å². The molecule has 0 saturated carbocycles. The molecule has 0 unspecified atom stereocenters. The van der Waals surface area contributed by atoms with Crippen LogP contribution in [0.2, 0.25) is 5.02 Å². The van der Waals surface area contributed by atoms with Crippen LogP contribution in [0.4, 0.5) is 5.69 Å². The van der Waals surface area contributed by atoms with Gasteiger partial charge in [0.2, 0.25) is 0 Å². The minimum Gasteiger partial charge on any atom is -0.497 e. The van der Waals surface area contributed by atoms with Crippen molar-refractivity contribution in [1.82, 2.24) is 5.32 Å². The first-order chi connectivity index (χ1) is 17.3. The molecule has 5 rings (SSSR count). The van der Waals surface area contributed by atoms with Crippen LogP contribution >= 0.6 is 11.6 Å². The minimum absolute atomic E-state index is 0.0432. The van der Waals surface area contributed by atoms with Crippen LogP contribution < -0.4 is 28.6 Å². The largest absolute Gasteiger partial charge is 0.497 e. The lowest BCUT2D eigenvalue weighted by Gasteiger charge is -2.35. The zero-order chi connectivity index (χ0) is 25.3. The number of carbonyl (C=O) groups excluding carboxylic acids is 1. The third-order valence-corrected chi connectivity index (χ3v) is 7.83. The van der Waals surface area contributed by atoms with Crippen LogP contribution in [0.15, 0.2) is 71.6 Å². The number of nitrogens with zero attached hydrogens (tertiary/aromatic N) is 1. The van der Waals surface area contributed by atoms with Crippen molar-refractivity contribution in [2.75, 3.05) is 31.1 Å². The summed E-state index contributed by atoms with van der Waals surface area (Å²) in [5.74, 6) is 1.51. The van der Waals surface area contributed by atoms with E-state index in [1.165, 1.54) is 25.3 Å². The second-order valence-electron chi connectivity index (χ2n) is 8.17. The van der Waals surface area contributed by atoms with Crippen LogP contribution in [-0.2, 0) is 14.8 Å². The number of halogens is 1. The smallest absolute Gasteiger partial charge is 0.264 e. The van der Waals surface area contributed by atoms with E-state index in [9.17, 15) is 13.2 Å². The lowest BCUT2D eigenvalue weighted by molar-refractivity contribution is -0.128. The lowest BCUT2D eigenvalue weighted by atomic mass is 10.2. The van der Waals surface area contributed by atoms with E-state index in [4.69, 9.17) is 30.5 Å². The van der Waals surface area contributed by atoms with Crippen LogP contribution in [0, 0.1) is 0 Å². The maximum Gasteiger partial charge on any atom is 0.264 e. The van der Waals surface area contributed by atoms with E-state index in [1.54, 1.807) is 30.3 Å². The molecule has 0 fully saturated rings. The number of sulfonamides is 1. The summed E-state index contributed by atoms with van der Waals surface area (Å²) in [6, 6.07) is 17.9. The van der Waals surface area contributed by atoms with Gasteiger partial charge in [-0.2, -0.15) is 0 Å². The summed E-state index contributed by atoms with van der Waals surface area (Å²) < 4.78 is 50.8. The van der Waals surface area contributed by atoms with Crippen molar-refractivity contribution in [2.24, 2.45) is 0 Å². The molecule has 0 aliphatic carbocycles. The summed E-state index contributed by atoms with van der Waals surface area (Å²) in [4.78, 5) is 13.1. The molecule has 11 heteroatoms. The Morgan fingerprint density at radius 3 is 2.56 bits per heavy atom. The summed E-state index contributed by atoms with van der Waals surface area (Å²) in [6.45, 7) is 0.187. The van der Waals surface area contributed by atoms with Crippen molar-refractivity contribution in [3.8, 4) is 23.0 Å². The molecule has 3 aromatic carbocycles. The average molecular weight is 531 g/mol. The molecule has 2 atom stereocenters. The van der Waals surface area contributed by atoms with Crippen molar-refractivity contribution < 1.29 is 32.2 Å². The summed E-state index contributed by atoms with van der Waals surface area (Å²) >= 11 is 6.15. The van der Waals surface area contributed by atoms with Crippen LogP contribution in [0.5, 0.6) is 23.0 Å². The molecule has 1 N–H and O–H groups in total. The highest BCUT2D eigenvalue weighted by Gasteiger charge is 2.38. The number of nitrogens with one attached hydrogen (secondary N) is 1. The number of benzene rings is 3. The topological polar surface area (TPSA) is 103 Å². The monoisotopic (exact) mass is 530 g/mol. The van der Waals surface area contributed by atoms with Gasteiger partial charge in [-0.1, -0.05) is 23.7 Å². The number of fused-ring (bicyclic) bond motifs is 2. The van der Waals surface area contributed by atoms with Crippen molar-refractivity contribution in [2.45, 2.75) is 17.1 Å². The highest BCUT2D eigenvalue weighted by molar-refractivity contribution is 7.92. The van der Waals surface area contributed by atoms with Crippen LogP contribution in [0.3, 0.4) is 0 Å². The van der Waals surface area contributed by atoms with Gasteiger partial charge in [-0.15, -0.1) is 0 Å². The third kappa shape index (κ3) is 4.74. The van der Waals surface area contributed by atoms with Crippen LogP contribution in [0.25, 0.3) is 0 Å². The number of hydrogen-bond donors (Lipinski definition) is 1. The quantitative estimate of drug-likeness (QED) is 0.521. The number of hydrogen-bond acceptors (Lipinski definition) is 7. The molecular formula is C25H23ClN2O7S. The molecule has 0 spiro atoms. The fourth-order valence-corrected chi connectivity index (χ4v) is 5.59. The van der Waals surface area contributed by atoms with Crippen molar-refractivity contribution in [1.29, 1.82) is 0 Å². The summed E-state index contributed by atoms with van der Waals surface area (Å²) in [7, 11) is -2.54. The van der Waals surface area contributed by atoms with Crippen molar-refractivity contribution in [3.05, 3.63) is 71.8 Å². The van der Waals surface area contributed by atoms with Gasteiger partial charge in [0.05, 0.1) is 30.8 Å². The molecule has 0 bridgehead atoms. The number of para-hydroxylation sites is 2.